The molecular formula is C14H14N4O2. The summed E-state index contributed by atoms with van der Waals surface area (Å²) in [5, 5.41) is 15.2. The Morgan fingerprint density at radius 1 is 1.45 bits per heavy atom. The highest BCUT2D eigenvalue weighted by atomic mass is 16.5. The molecule has 2 aromatic rings. The molecule has 1 amide bonds. The highest BCUT2D eigenvalue weighted by Crippen LogP contribution is 2.11. The number of likely N-dealkylation sites (N-methyl/N-ethyl adjacent to an activating group) is 1. The number of carbonyl (C=O) groups is 1. The second-order valence-electron chi connectivity index (χ2n) is 4.28. The van der Waals surface area contributed by atoms with Gasteiger partial charge in [0.2, 0.25) is 0 Å². The minimum absolute atomic E-state index is 0.0414. The number of nitriles is 1. The molecule has 0 spiro atoms. The number of carbonyl (C=O) groups excluding carboxylic acids is 1. The first-order valence-corrected chi connectivity index (χ1v) is 6.03. The number of amides is 1. The van der Waals surface area contributed by atoms with E-state index in [-0.39, 0.29) is 12.5 Å². The van der Waals surface area contributed by atoms with E-state index in [1.54, 1.807) is 48.6 Å². The molecular weight excluding hydrogens is 256 g/mol. The summed E-state index contributed by atoms with van der Waals surface area (Å²) in [5.74, 6) is 0.435. The number of nitrogens with zero attached hydrogens (tertiary/aromatic N) is 3. The average Bonchev–Trinajstić information content (AvgIpc) is 2.98. The molecule has 1 aromatic carbocycles. The van der Waals surface area contributed by atoms with E-state index in [0.717, 1.165) is 5.56 Å². The lowest BCUT2D eigenvalue weighted by molar-refractivity contribution is -0.132. The monoisotopic (exact) mass is 270 g/mol. The van der Waals surface area contributed by atoms with Crippen molar-refractivity contribution in [1.82, 2.24) is 15.1 Å². The van der Waals surface area contributed by atoms with Crippen molar-refractivity contribution in [2.45, 2.75) is 6.54 Å². The van der Waals surface area contributed by atoms with Crippen molar-refractivity contribution in [2.24, 2.45) is 0 Å². The van der Waals surface area contributed by atoms with Crippen LogP contribution >= 0.6 is 0 Å². The molecule has 0 aliphatic carbocycles. The van der Waals surface area contributed by atoms with Crippen molar-refractivity contribution in [2.75, 3.05) is 13.7 Å². The molecule has 102 valence electrons. The molecule has 20 heavy (non-hydrogen) atoms. The third-order valence-corrected chi connectivity index (χ3v) is 2.75. The van der Waals surface area contributed by atoms with E-state index in [0.29, 0.717) is 17.9 Å². The van der Waals surface area contributed by atoms with Gasteiger partial charge in [-0.1, -0.05) is 0 Å². The number of rotatable bonds is 5. The summed E-state index contributed by atoms with van der Waals surface area (Å²) in [6.45, 7) is 0.437. The van der Waals surface area contributed by atoms with Crippen LogP contribution in [0.25, 0.3) is 0 Å². The number of ether oxygens (including phenoxy) is 1. The van der Waals surface area contributed by atoms with Gasteiger partial charge in [-0.2, -0.15) is 10.4 Å². The van der Waals surface area contributed by atoms with Crippen LogP contribution in [0.3, 0.4) is 0 Å². The molecule has 0 unspecified atom stereocenters. The zero-order valence-electron chi connectivity index (χ0n) is 11.0. The number of nitrogens with one attached hydrogen (secondary N) is 1. The van der Waals surface area contributed by atoms with E-state index in [4.69, 9.17) is 10.00 Å². The van der Waals surface area contributed by atoms with Crippen molar-refractivity contribution in [3.8, 4) is 11.8 Å². The molecule has 2 rings (SSSR count). The van der Waals surface area contributed by atoms with Crippen LogP contribution in [-0.4, -0.2) is 34.7 Å². The highest BCUT2D eigenvalue weighted by Gasteiger charge is 2.10. The largest absolute Gasteiger partial charge is 0.484 e. The second-order valence-corrected chi connectivity index (χ2v) is 4.28. The van der Waals surface area contributed by atoms with Gasteiger partial charge in [-0.25, -0.2) is 0 Å². The third-order valence-electron chi connectivity index (χ3n) is 2.75. The molecule has 1 N–H and O–H groups in total. The number of aromatic amines is 1. The molecule has 0 aliphatic heterocycles. The molecule has 0 aliphatic rings. The second kappa shape index (κ2) is 6.38. The van der Waals surface area contributed by atoms with E-state index in [1.165, 1.54) is 0 Å². The normalized spacial score (nSPS) is 9.80. The van der Waals surface area contributed by atoms with Gasteiger partial charge < -0.3 is 9.64 Å². The summed E-state index contributed by atoms with van der Waals surface area (Å²) in [5.41, 5.74) is 1.49. The predicted octanol–water partition coefficient (Wildman–Crippen LogP) is 1.32. The molecule has 0 saturated carbocycles. The van der Waals surface area contributed by atoms with Crippen LogP contribution in [0.15, 0.2) is 36.7 Å². The molecule has 0 saturated heterocycles. The maximum atomic E-state index is 11.9. The Morgan fingerprint density at radius 3 is 2.80 bits per heavy atom. The Bertz CT molecular complexity index is 599. The van der Waals surface area contributed by atoms with E-state index in [2.05, 4.69) is 10.2 Å². The molecule has 6 nitrogen and oxygen atoms in total. The number of H-pyrrole nitrogens is 1. The van der Waals surface area contributed by atoms with Crippen LogP contribution in [-0.2, 0) is 11.3 Å². The van der Waals surface area contributed by atoms with Gasteiger partial charge in [0.05, 0.1) is 17.8 Å². The van der Waals surface area contributed by atoms with Crippen molar-refractivity contribution in [3.05, 3.63) is 47.8 Å². The fourth-order valence-electron chi connectivity index (χ4n) is 1.61. The summed E-state index contributed by atoms with van der Waals surface area (Å²) in [4.78, 5) is 13.4. The third kappa shape index (κ3) is 3.59. The molecule has 1 aromatic heterocycles. The van der Waals surface area contributed by atoms with Crippen LogP contribution in [0.4, 0.5) is 0 Å². The zero-order chi connectivity index (χ0) is 14.4. The lowest BCUT2D eigenvalue weighted by Gasteiger charge is -2.16. The van der Waals surface area contributed by atoms with Gasteiger partial charge in [0.1, 0.15) is 5.75 Å². The van der Waals surface area contributed by atoms with Crippen LogP contribution in [0.2, 0.25) is 0 Å². The van der Waals surface area contributed by atoms with E-state index >= 15 is 0 Å². The standard InChI is InChI=1S/C14H14N4O2/c1-18(9-12-7-16-17-8-12)14(19)10-20-13-4-2-11(6-15)3-5-13/h2-5,7-8H,9-10H2,1H3,(H,16,17). The van der Waals surface area contributed by atoms with Crippen molar-refractivity contribution < 1.29 is 9.53 Å². The Morgan fingerprint density at radius 2 is 2.20 bits per heavy atom. The summed E-state index contributed by atoms with van der Waals surface area (Å²) in [7, 11) is 1.71. The molecule has 0 fully saturated rings. The predicted molar refractivity (Wildman–Crippen MR) is 71.7 cm³/mol. The van der Waals surface area contributed by atoms with Gasteiger partial charge in [-0.05, 0) is 24.3 Å². The quantitative estimate of drug-likeness (QED) is 0.888. The number of hydrogen-bond donors (Lipinski definition) is 1. The van der Waals surface area contributed by atoms with Crippen molar-refractivity contribution in [1.29, 1.82) is 5.26 Å². The van der Waals surface area contributed by atoms with Gasteiger partial charge >= 0.3 is 0 Å². The topological polar surface area (TPSA) is 82.0 Å². The molecule has 0 bridgehead atoms. The summed E-state index contributed by atoms with van der Waals surface area (Å²) in [6.07, 6.45) is 3.41. The molecule has 0 radical (unpaired) electrons. The van der Waals surface area contributed by atoms with E-state index in [9.17, 15) is 4.79 Å². The maximum Gasteiger partial charge on any atom is 0.260 e. The lowest BCUT2D eigenvalue weighted by atomic mass is 10.2. The first-order valence-electron chi connectivity index (χ1n) is 6.03. The van der Waals surface area contributed by atoms with Gasteiger partial charge in [0.15, 0.2) is 6.61 Å². The lowest BCUT2D eigenvalue weighted by Crippen LogP contribution is -2.30. The van der Waals surface area contributed by atoms with Gasteiger partial charge in [-0.15, -0.1) is 0 Å². The Kier molecular flexibility index (Phi) is 4.35. The van der Waals surface area contributed by atoms with Gasteiger partial charge in [0, 0.05) is 25.4 Å². The SMILES string of the molecule is CN(Cc1cn[nH]c1)C(=O)COc1ccc(C#N)cc1. The van der Waals surface area contributed by atoms with Crippen LogP contribution < -0.4 is 4.74 Å². The Balaban J connectivity index is 1.83. The summed E-state index contributed by atoms with van der Waals surface area (Å²) in [6, 6.07) is 8.66. The summed E-state index contributed by atoms with van der Waals surface area (Å²) >= 11 is 0. The highest BCUT2D eigenvalue weighted by molar-refractivity contribution is 5.77. The number of hydrogen-bond acceptors (Lipinski definition) is 4. The van der Waals surface area contributed by atoms with E-state index in [1.807, 2.05) is 6.07 Å². The van der Waals surface area contributed by atoms with Crippen LogP contribution in [0, 0.1) is 11.3 Å². The van der Waals surface area contributed by atoms with Crippen LogP contribution in [0.1, 0.15) is 11.1 Å². The van der Waals surface area contributed by atoms with E-state index < -0.39 is 0 Å². The summed E-state index contributed by atoms with van der Waals surface area (Å²) < 4.78 is 5.38. The van der Waals surface area contributed by atoms with Crippen molar-refractivity contribution >= 4 is 5.91 Å². The van der Waals surface area contributed by atoms with Gasteiger partial charge in [0.25, 0.3) is 5.91 Å². The smallest absolute Gasteiger partial charge is 0.260 e. The average molecular weight is 270 g/mol. The minimum atomic E-state index is -0.129. The zero-order valence-corrected chi connectivity index (χ0v) is 11.0. The first kappa shape index (κ1) is 13.6. The Labute approximate surface area is 116 Å². The fourth-order valence-corrected chi connectivity index (χ4v) is 1.61. The Hall–Kier alpha value is -2.81. The van der Waals surface area contributed by atoms with Gasteiger partial charge in [-0.3, -0.25) is 9.89 Å². The molecule has 1 heterocycles. The van der Waals surface area contributed by atoms with Crippen molar-refractivity contribution in [3.63, 3.8) is 0 Å². The first-order chi connectivity index (χ1) is 9.69. The molecule has 6 heteroatoms. The number of aromatic nitrogens is 2. The van der Waals surface area contributed by atoms with Crippen LogP contribution in [0.5, 0.6) is 5.75 Å². The molecule has 0 atom stereocenters. The minimum Gasteiger partial charge on any atom is -0.484 e. The number of benzene rings is 1. The fraction of sp³-hybridized carbons (Fsp3) is 0.214. The maximum absolute atomic E-state index is 11.9.